The van der Waals surface area contributed by atoms with Crippen LogP contribution in [-0.2, 0) is 4.43 Å². The Kier molecular flexibility index (Phi) is 5.77. The van der Waals surface area contributed by atoms with E-state index in [4.69, 9.17) is 4.43 Å². The standard InChI is InChI=1S/C15H30OSi/c1-15(2,3)13-9-6-7-11-14(12-8-10-13)16-17(4)5/h12-13,17H,6-11H2,1-5H3. The van der Waals surface area contributed by atoms with Crippen molar-refractivity contribution in [2.24, 2.45) is 11.3 Å². The predicted molar refractivity (Wildman–Crippen MR) is 78.7 cm³/mol. The minimum Gasteiger partial charge on any atom is -0.550 e. The second-order valence-corrected chi connectivity index (χ2v) is 9.06. The fraction of sp³-hybridized carbons (Fsp3) is 0.867. The number of hydrogen-bond acceptors (Lipinski definition) is 1. The summed E-state index contributed by atoms with van der Waals surface area (Å²) in [5.74, 6) is 2.16. The Morgan fingerprint density at radius 3 is 2.47 bits per heavy atom. The van der Waals surface area contributed by atoms with Gasteiger partial charge < -0.3 is 4.43 Å². The van der Waals surface area contributed by atoms with Gasteiger partial charge in [0.15, 0.2) is 0 Å². The van der Waals surface area contributed by atoms with Gasteiger partial charge >= 0.3 is 0 Å². The molecule has 0 spiro atoms. The van der Waals surface area contributed by atoms with Crippen molar-refractivity contribution in [3.8, 4) is 0 Å². The first-order valence-corrected chi connectivity index (χ1v) is 10.0. The van der Waals surface area contributed by atoms with Crippen LogP contribution in [0.3, 0.4) is 0 Å². The summed E-state index contributed by atoms with van der Waals surface area (Å²) in [5, 5.41) is 0. The van der Waals surface area contributed by atoms with Gasteiger partial charge in [-0.15, -0.1) is 0 Å². The van der Waals surface area contributed by atoms with Gasteiger partial charge in [-0.05, 0) is 56.2 Å². The predicted octanol–water partition coefficient (Wildman–Crippen LogP) is 4.89. The van der Waals surface area contributed by atoms with Crippen LogP contribution in [0.5, 0.6) is 0 Å². The fourth-order valence-electron chi connectivity index (χ4n) is 2.66. The maximum absolute atomic E-state index is 6.00. The van der Waals surface area contributed by atoms with Crippen molar-refractivity contribution in [2.45, 2.75) is 72.4 Å². The van der Waals surface area contributed by atoms with Crippen LogP contribution >= 0.6 is 0 Å². The third kappa shape index (κ3) is 5.76. The normalized spacial score (nSPS) is 23.6. The highest BCUT2D eigenvalue weighted by molar-refractivity contribution is 6.48. The molecule has 0 heterocycles. The molecule has 100 valence electrons. The highest BCUT2D eigenvalue weighted by Crippen LogP contribution is 2.35. The first kappa shape index (κ1) is 14.8. The Hall–Kier alpha value is -0.243. The quantitative estimate of drug-likeness (QED) is 0.638. The second kappa shape index (κ2) is 6.63. The molecule has 0 aromatic heterocycles. The Labute approximate surface area is 109 Å². The zero-order valence-electron chi connectivity index (χ0n) is 12.4. The lowest BCUT2D eigenvalue weighted by Crippen LogP contribution is -2.20. The molecule has 0 aromatic carbocycles. The minimum absolute atomic E-state index is 0.464. The smallest absolute Gasteiger partial charge is 0.229 e. The average Bonchev–Trinajstić information content (AvgIpc) is 2.27. The maximum atomic E-state index is 6.00. The molecular weight excluding hydrogens is 224 g/mol. The maximum Gasteiger partial charge on any atom is 0.229 e. The third-order valence-electron chi connectivity index (χ3n) is 3.72. The Bertz CT molecular complexity index is 250. The zero-order valence-corrected chi connectivity index (χ0v) is 13.5. The van der Waals surface area contributed by atoms with Crippen LogP contribution in [0.2, 0.25) is 13.1 Å². The molecule has 0 amide bonds. The number of rotatable bonds is 2. The monoisotopic (exact) mass is 254 g/mol. The molecule has 1 rings (SSSR count). The van der Waals surface area contributed by atoms with Gasteiger partial charge in [0.25, 0.3) is 0 Å². The Morgan fingerprint density at radius 2 is 1.88 bits per heavy atom. The molecule has 0 bridgehead atoms. The topological polar surface area (TPSA) is 9.23 Å². The van der Waals surface area contributed by atoms with Gasteiger partial charge in [-0.1, -0.05) is 27.2 Å². The molecule has 1 aliphatic rings. The summed E-state index contributed by atoms with van der Waals surface area (Å²) in [6.45, 7) is 11.7. The molecular formula is C15H30OSi. The van der Waals surface area contributed by atoms with E-state index in [-0.39, 0.29) is 0 Å². The summed E-state index contributed by atoms with van der Waals surface area (Å²) in [7, 11) is -0.911. The second-order valence-electron chi connectivity index (χ2n) is 6.72. The lowest BCUT2D eigenvalue weighted by atomic mass is 9.75. The van der Waals surface area contributed by atoms with Gasteiger partial charge in [-0.3, -0.25) is 0 Å². The zero-order chi connectivity index (χ0) is 12.9. The van der Waals surface area contributed by atoms with Crippen molar-refractivity contribution in [2.75, 3.05) is 0 Å². The lowest BCUT2D eigenvalue weighted by Gasteiger charge is -2.30. The molecule has 0 aromatic rings. The molecule has 0 fully saturated rings. The molecule has 0 aliphatic heterocycles. The third-order valence-corrected chi connectivity index (χ3v) is 4.50. The molecule has 0 radical (unpaired) electrons. The average molecular weight is 254 g/mol. The van der Waals surface area contributed by atoms with Crippen molar-refractivity contribution in [3.63, 3.8) is 0 Å². The summed E-state index contributed by atoms with van der Waals surface area (Å²) in [6, 6.07) is 0. The lowest BCUT2D eigenvalue weighted by molar-refractivity contribution is 0.209. The van der Waals surface area contributed by atoms with Crippen LogP contribution < -0.4 is 0 Å². The molecule has 0 N–H and O–H groups in total. The van der Waals surface area contributed by atoms with Crippen LogP contribution in [0.4, 0.5) is 0 Å². The molecule has 0 saturated carbocycles. The van der Waals surface area contributed by atoms with E-state index in [9.17, 15) is 0 Å². The summed E-state index contributed by atoms with van der Waals surface area (Å²) >= 11 is 0. The molecule has 1 unspecified atom stereocenters. The van der Waals surface area contributed by atoms with E-state index < -0.39 is 9.04 Å². The largest absolute Gasteiger partial charge is 0.550 e. The van der Waals surface area contributed by atoms with Gasteiger partial charge in [-0.25, -0.2) is 0 Å². The van der Waals surface area contributed by atoms with E-state index in [0.29, 0.717) is 5.41 Å². The first-order valence-electron chi connectivity index (χ1n) is 7.25. The van der Waals surface area contributed by atoms with Crippen LogP contribution in [0.1, 0.15) is 59.3 Å². The highest BCUT2D eigenvalue weighted by Gasteiger charge is 2.24. The summed E-state index contributed by atoms with van der Waals surface area (Å²) in [4.78, 5) is 0. The van der Waals surface area contributed by atoms with Crippen molar-refractivity contribution < 1.29 is 4.43 Å². The van der Waals surface area contributed by atoms with Crippen LogP contribution in [-0.4, -0.2) is 9.04 Å². The van der Waals surface area contributed by atoms with Crippen molar-refractivity contribution in [1.82, 2.24) is 0 Å². The van der Waals surface area contributed by atoms with Crippen LogP contribution in [0.15, 0.2) is 11.8 Å². The van der Waals surface area contributed by atoms with Gasteiger partial charge in [0.05, 0.1) is 5.76 Å². The fourth-order valence-corrected chi connectivity index (χ4v) is 3.48. The molecule has 1 aliphatic carbocycles. The Morgan fingerprint density at radius 1 is 1.18 bits per heavy atom. The molecule has 0 saturated heterocycles. The molecule has 1 nitrogen and oxygen atoms in total. The van der Waals surface area contributed by atoms with E-state index >= 15 is 0 Å². The van der Waals surface area contributed by atoms with E-state index in [2.05, 4.69) is 39.9 Å². The molecule has 17 heavy (non-hydrogen) atoms. The molecule has 2 heteroatoms. The number of hydrogen-bond donors (Lipinski definition) is 0. The van der Waals surface area contributed by atoms with E-state index in [0.717, 1.165) is 5.92 Å². The summed E-state index contributed by atoms with van der Waals surface area (Å²) in [5.41, 5.74) is 0.464. The first-order chi connectivity index (χ1) is 7.89. The molecule has 1 atom stereocenters. The van der Waals surface area contributed by atoms with Crippen molar-refractivity contribution in [1.29, 1.82) is 0 Å². The van der Waals surface area contributed by atoms with E-state index in [1.807, 2.05) is 0 Å². The van der Waals surface area contributed by atoms with Crippen molar-refractivity contribution in [3.05, 3.63) is 11.8 Å². The van der Waals surface area contributed by atoms with Crippen LogP contribution in [0.25, 0.3) is 0 Å². The van der Waals surface area contributed by atoms with Gasteiger partial charge in [0.2, 0.25) is 9.04 Å². The Balaban J connectivity index is 2.56. The van der Waals surface area contributed by atoms with E-state index in [1.54, 1.807) is 0 Å². The van der Waals surface area contributed by atoms with Crippen molar-refractivity contribution >= 4 is 9.04 Å². The van der Waals surface area contributed by atoms with Gasteiger partial charge in [0, 0.05) is 6.42 Å². The SMILES string of the molecule is C[SiH](C)OC1=CCCC(C(C)(C)C)CCCC1. The minimum atomic E-state index is -0.911. The highest BCUT2D eigenvalue weighted by atomic mass is 28.3. The van der Waals surface area contributed by atoms with Crippen LogP contribution in [0, 0.1) is 11.3 Å². The summed E-state index contributed by atoms with van der Waals surface area (Å²) < 4.78 is 6.00. The number of allylic oxidation sites excluding steroid dienone is 2. The van der Waals surface area contributed by atoms with Gasteiger partial charge in [-0.2, -0.15) is 0 Å². The van der Waals surface area contributed by atoms with Gasteiger partial charge in [0.1, 0.15) is 0 Å². The summed E-state index contributed by atoms with van der Waals surface area (Å²) in [6.07, 6.45) is 10.1. The van der Waals surface area contributed by atoms with E-state index in [1.165, 1.54) is 44.3 Å².